The van der Waals surface area contributed by atoms with Crippen LogP contribution in [0.1, 0.15) is 15.9 Å². The first kappa shape index (κ1) is 16.1. The minimum absolute atomic E-state index is 0.0591. The smallest absolute Gasteiger partial charge is 0.338 e. The summed E-state index contributed by atoms with van der Waals surface area (Å²) in [4.78, 5) is 21.5. The van der Waals surface area contributed by atoms with Crippen molar-refractivity contribution in [1.82, 2.24) is 5.48 Å². The van der Waals surface area contributed by atoms with E-state index in [4.69, 9.17) is 9.57 Å². The SMILES string of the molecule is O=C(OC[C@H]1CN=C(c2ccccc2)NO1)c1ccc(F)c(F)c1. The second kappa shape index (κ2) is 7.18. The minimum Gasteiger partial charge on any atom is -0.459 e. The molecule has 24 heavy (non-hydrogen) atoms. The summed E-state index contributed by atoms with van der Waals surface area (Å²) in [6.45, 7) is 0.249. The van der Waals surface area contributed by atoms with Crippen molar-refractivity contribution in [3.05, 3.63) is 71.3 Å². The molecule has 124 valence electrons. The number of hydrogen-bond donors (Lipinski definition) is 1. The van der Waals surface area contributed by atoms with E-state index in [2.05, 4.69) is 10.5 Å². The molecule has 2 aromatic rings. The fraction of sp³-hybridized carbons (Fsp3) is 0.176. The maximum atomic E-state index is 13.1. The summed E-state index contributed by atoms with van der Waals surface area (Å²) in [6, 6.07) is 12.3. The number of aliphatic imine (C=N–C) groups is 1. The van der Waals surface area contributed by atoms with E-state index in [0.717, 1.165) is 23.8 Å². The molecule has 0 saturated heterocycles. The monoisotopic (exact) mass is 332 g/mol. The molecule has 0 saturated carbocycles. The minimum atomic E-state index is -1.10. The lowest BCUT2D eigenvalue weighted by Crippen LogP contribution is -2.40. The Morgan fingerprint density at radius 1 is 1.21 bits per heavy atom. The largest absolute Gasteiger partial charge is 0.459 e. The highest BCUT2D eigenvalue weighted by atomic mass is 19.2. The molecule has 2 aromatic carbocycles. The first-order valence-corrected chi connectivity index (χ1v) is 7.27. The molecule has 0 amide bonds. The first-order valence-electron chi connectivity index (χ1n) is 7.27. The van der Waals surface area contributed by atoms with Gasteiger partial charge in [-0.25, -0.2) is 19.1 Å². The molecule has 1 atom stereocenters. The number of carbonyl (C=O) groups excluding carboxylic acids is 1. The lowest BCUT2D eigenvalue weighted by molar-refractivity contribution is -0.0349. The van der Waals surface area contributed by atoms with Gasteiger partial charge in [-0.3, -0.25) is 9.83 Å². The van der Waals surface area contributed by atoms with Gasteiger partial charge in [-0.2, -0.15) is 0 Å². The van der Waals surface area contributed by atoms with E-state index >= 15 is 0 Å². The molecule has 0 aliphatic carbocycles. The summed E-state index contributed by atoms with van der Waals surface area (Å²) >= 11 is 0. The van der Waals surface area contributed by atoms with Gasteiger partial charge in [0.1, 0.15) is 12.7 Å². The molecule has 5 nitrogen and oxygen atoms in total. The Balaban J connectivity index is 1.54. The maximum Gasteiger partial charge on any atom is 0.338 e. The molecule has 0 fully saturated rings. The van der Waals surface area contributed by atoms with Crippen molar-refractivity contribution in [2.75, 3.05) is 13.2 Å². The number of rotatable bonds is 4. The Morgan fingerprint density at radius 2 is 2.00 bits per heavy atom. The number of ether oxygens (including phenoxy) is 1. The predicted molar refractivity (Wildman–Crippen MR) is 82.5 cm³/mol. The third kappa shape index (κ3) is 3.75. The molecule has 0 unspecified atom stereocenters. The van der Waals surface area contributed by atoms with Crippen LogP contribution in [0.25, 0.3) is 0 Å². The Bertz CT molecular complexity index is 766. The van der Waals surface area contributed by atoms with E-state index < -0.39 is 23.7 Å². The summed E-state index contributed by atoms with van der Waals surface area (Å²) < 4.78 is 31.0. The highest BCUT2D eigenvalue weighted by Crippen LogP contribution is 2.11. The standard InChI is InChI=1S/C17H14F2N2O3/c18-14-7-6-12(8-15(14)19)17(22)23-10-13-9-20-16(21-24-13)11-4-2-1-3-5-11/h1-8,13H,9-10H2,(H,20,21)/t13-/m1/s1. The van der Waals surface area contributed by atoms with Gasteiger partial charge in [-0.15, -0.1) is 0 Å². The van der Waals surface area contributed by atoms with Crippen molar-refractivity contribution >= 4 is 11.8 Å². The van der Waals surface area contributed by atoms with Crippen LogP contribution in [0.3, 0.4) is 0 Å². The number of esters is 1. The molecule has 0 spiro atoms. The molecule has 1 N–H and O–H groups in total. The van der Waals surface area contributed by atoms with Crippen molar-refractivity contribution in [1.29, 1.82) is 0 Å². The van der Waals surface area contributed by atoms with Crippen LogP contribution in [-0.2, 0) is 9.57 Å². The van der Waals surface area contributed by atoms with Crippen LogP contribution in [0.5, 0.6) is 0 Å². The molecule has 1 aliphatic heterocycles. The summed E-state index contributed by atoms with van der Waals surface area (Å²) in [7, 11) is 0. The summed E-state index contributed by atoms with van der Waals surface area (Å²) in [5.41, 5.74) is 3.53. The first-order chi connectivity index (χ1) is 11.6. The molecule has 0 radical (unpaired) electrons. The lowest BCUT2D eigenvalue weighted by atomic mass is 10.2. The Hall–Kier alpha value is -2.80. The van der Waals surface area contributed by atoms with E-state index in [1.165, 1.54) is 0 Å². The molecule has 0 bridgehead atoms. The quantitative estimate of drug-likeness (QED) is 0.874. The molecule has 1 heterocycles. The van der Waals surface area contributed by atoms with E-state index in [1.807, 2.05) is 30.3 Å². The highest BCUT2D eigenvalue weighted by molar-refractivity contribution is 5.98. The van der Waals surface area contributed by atoms with E-state index in [1.54, 1.807) is 0 Å². The fourth-order valence-corrected chi connectivity index (χ4v) is 2.11. The van der Waals surface area contributed by atoms with E-state index in [-0.39, 0.29) is 12.2 Å². The van der Waals surface area contributed by atoms with Crippen molar-refractivity contribution in [3.63, 3.8) is 0 Å². The van der Waals surface area contributed by atoms with Crippen LogP contribution in [0.2, 0.25) is 0 Å². The van der Waals surface area contributed by atoms with Crippen LogP contribution in [-0.4, -0.2) is 31.1 Å². The molecular formula is C17H14F2N2O3. The van der Waals surface area contributed by atoms with Crippen molar-refractivity contribution < 1.29 is 23.1 Å². The number of amidine groups is 1. The maximum absolute atomic E-state index is 13.1. The number of halogens is 2. The van der Waals surface area contributed by atoms with Gasteiger partial charge in [-0.1, -0.05) is 30.3 Å². The predicted octanol–water partition coefficient (Wildman–Crippen LogP) is 2.47. The van der Waals surface area contributed by atoms with Crippen molar-refractivity contribution in [2.24, 2.45) is 4.99 Å². The molecule has 3 rings (SSSR count). The third-order valence-electron chi connectivity index (χ3n) is 3.38. The van der Waals surface area contributed by atoms with Gasteiger partial charge >= 0.3 is 5.97 Å². The summed E-state index contributed by atoms with van der Waals surface area (Å²) in [5, 5.41) is 0. The zero-order chi connectivity index (χ0) is 16.9. The van der Waals surface area contributed by atoms with Crippen LogP contribution in [0.4, 0.5) is 8.78 Å². The molecule has 1 aliphatic rings. The number of nitrogens with zero attached hydrogens (tertiary/aromatic N) is 1. The van der Waals surface area contributed by atoms with Crippen LogP contribution in [0.15, 0.2) is 53.5 Å². The van der Waals surface area contributed by atoms with Crippen LogP contribution in [0, 0.1) is 11.6 Å². The zero-order valence-electron chi connectivity index (χ0n) is 12.5. The number of carbonyl (C=O) groups is 1. The van der Waals surface area contributed by atoms with E-state index in [0.29, 0.717) is 12.4 Å². The van der Waals surface area contributed by atoms with Crippen molar-refractivity contribution in [2.45, 2.75) is 6.10 Å². The second-order valence-electron chi connectivity index (χ2n) is 5.12. The third-order valence-corrected chi connectivity index (χ3v) is 3.38. The second-order valence-corrected chi connectivity index (χ2v) is 5.12. The molecule has 0 aromatic heterocycles. The normalized spacial score (nSPS) is 16.9. The Kier molecular flexibility index (Phi) is 4.81. The average Bonchev–Trinajstić information content (AvgIpc) is 2.63. The van der Waals surface area contributed by atoms with Gasteiger partial charge in [0.15, 0.2) is 17.5 Å². The zero-order valence-corrected chi connectivity index (χ0v) is 12.5. The average molecular weight is 332 g/mol. The molecular weight excluding hydrogens is 318 g/mol. The van der Waals surface area contributed by atoms with Gasteiger partial charge < -0.3 is 4.74 Å². The number of hydroxylamine groups is 1. The number of nitrogens with one attached hydrogen (secondary N) is 1. The van der Waals surface area contributed by atoms with Crippen molar-refractivity contribution in [3.8, 4) is 0 Å². The lowest BCUT2D eigenvalue weighted by Gasteiger charge is -2.22. The van der Waals surface area contributed by atoms with E-state index in [9.17, 15) is 13.6 Å². The molecule has 7 heteroatoms. The number of benzene rings is 2. The van der Waals surface area contributed by atoms with Gasteiger partial charge in [0.2, 0.25) is 0 Å². The van der Waals surface area contributed by atoms with Gasteiger partial charge in [-0.05, 0) is 18.2 Å². The number of hydrogen-bond acceptors (Lipinski definition) is 5. The van der Waals surface area contributed by atoms with Crippen LogP contribution >= 0.6 is 0 Å². The topological polar surface area (TPSA) is 59.9 Å². The highest BCUT2D eigenvalue weighted by Gasteiger charge is 2.20. The van der Waals surface area contributed by atoms with Crippen LogP contribution < -0.4 is 5.48 Å². The van der Waals surface area contributed by atoms with Gasteiger partial charge in [0.05, 0.1) is 12.1 Å². The van der Waals surface area contributed by atoms with Gasteiger partial charge in [0.25, 0.3) is 0 Å². The van der Waals surface area contributed by atoms with Gasteiger partial charge in [0, 0.05) is 5.56 Å². The Labute approximate surface area is 136 Å². The Morgan fingerprint density at radius 3 is 2.67 bits per heavy atom. The fourth-order valence-electron chi connectivity index (χ4n) is 2.11. The summed E-state index contributed by atoms with van der Waals surface area (Å²) in [5.74, 6) is -2.28. The summed E-state index contributed by atoms with van der Waals surface area (Å²) in [6.07, 6.45) is -0.466.